The van der Waals surface area contributed by atoms with Gasteiger partial charge in [-0.15, -0.1) is 0 Å². The van der Waals surface area contributed by atoms with Gasteiger partial charge in [0.25, 0.3) is 0 Å². The highest BCUT2D eigenvalue weighted by atomic mass is 16.5. The number of rotatable bonds is 6. The molecule has 2 amide bonds. The summed E-state index contributed by atoms with van der Waals surface area (Å²) >= 11 is 0. The van der Waals surface area contributed by atoms with Gasteiger partial charge in [-0.2, -0.15) is 0 Å². The molecule has 0 aliphatic carbocycles. The zero-order chi connectivity index (χ0) is 20.9. The zero-order valence-corrected chi connectivity index (χ0v) is 16.8. The number of benzene rings is 3. The minimum Gasteiger partial charge on any atom is -0.457 e. The summed E-state index contributed by atoms with van der Waals surface area (Å²) in [5, 5.41) is 2.82. The van der Waals surface area contributed by atoms with Crippen molar-refractivity contribution in [3.05, 3.63) is 84.9 Å². The van der Waals surface area contributed by atoms with Crippen molar-refractivity contribution in [2.24, 2.45) is 5.41 Å². The van der Waals surface area contributed by atoms with Gasteiger partial charge in [-0.05, 0) is 62.4 Å². The Bertz CT molecular complexity index is 968. The van der Waals surface area contributed by atoms with E-state index in [1.165, 1.54) is 4.90 Å². The molecule has 3 rings (SSSR count). The Balaban J connectivity index is 1.66. The molecule has 0 bridgehead atoms. The van der Waals surface area contributed by atoms with Crippen LogP contribution in [0, 0.1) is 5.41 Å². The van der Waals surface area contributed by atoms with Gasteiger partial charge in [0, 0.05) is 18.4 Å². The first kappa shape index (κ1) is 20.1. The van der Waals surface area contributed by atoms with E-state index in [2.05, 4.69) is 5.32 Å². The number of carbonyl (C=O) groups is 2. The Morgan fingerprint density at radius 2 is 1.31 bits per heavy atom. The maximum absolute atomic E-state index is 12.9. The molecule has 0 aliphatic heterocycles. The molecule has 5 nitrogen and oxygen atoms in total. The van der Waals surface area contributed by atoms with Gasteiger partial charge in [-0.1, -0.05) is 36.4 Å². The van der Waals surface area contributed by atoms with Crippen LogP contribution in [-0.4, -0.2) is 18.9 Å². The number of ether oxygens (including phenoxy) is 1. The van der Waals surface area contributed by atoms with Gasteiger partial charge in [-0.25, -0.2) is 0 Å². The predicted molar refractivity (Wildman–Crippen MR) is 115 cm³/mol. The number of anilines is 2. The van der Waals surface area contributed by atoms with E-state index >= 15 is 0 Å². The van der Waals surface area contributed by atoms with E-state index in [1.807, 2.05) is 60.7 Å². The molecule has 0 spiro atoms. The molecule has 0 saturated carbocycles. The molecule has 0 unspecified atom stereocenters. The van der Waals surface area contributed by atoms with Gasteiger partial charge in [0.1, 0.15) is 16.9 Å². The minimum absolute atomic E-state index is 0.287. The van der Waals surface area contributed by atoms with E-state index in [-0.39, 0.29) is 11.8 Å². The van der Waals surface area contributed by atoms with Crippen molar-refractivity contribution in [2.45, 2.75) is 13.8 Å². The van der Waals surface area contributed by atoms with Gasteiger partial charge >= 0.3 is 0 Å². The molecular formula is C24H24N2O3. The second-order valence-electron chi connectivity index (χ2n) is 7.22. The molecule has 29 heavy (non-hydrogen) atoms. The summed E-state index contributed by atoms with van der Waals surface area (Å²) < 4.78 is 5.75. The Labute approximate surface area is 170 Å². The summed E-state index contributed by atoms with van der Waals surface area (Å²) in [6, 6.07) is 25.7. The van der Waals surface area contributed by atoms with E-state index in [0.717, 1.165) is 11.4 Å². The summed E-state index contributed by atoms with van der Waals surface area (Å²) in [6.07, 6.45) is 0. The summed E-state index contributed by atoms with van der Waals surface area (Å²) in [4.78, 5) is 27.2. The van der Waals surface area contributed by atoms with Crippen LogP contribution in [0.5, 0.6) is 11.5 Å². The number of hydrogen-bond acceptors (Lipinski definition) is 3. The molecule has 0 radical (unpaired) electrons. The highest BCUT2D eigenvalue weighted by Gasteiger charge is 2.38. The van der Waals surface area contributed by atoms with Crippen molar-refractivity contribution in [3.8, 4) is 11.5 Å². The molecule has 0 atom stereocenters. The van der Waals surface area contributed by atoms with Crippen LogP contribution < -0.4 is 15.0 Å². The van der Waals surface area contributed by atoms with Gasteiger partial charge in [-0.3, -0.25) is 9.59 Å². The SMILES string of the molecule is CN(C(=O)C(C)(C)C(=O)Nc1ccc(Oc2ccccc2)cc1)c1ccccc1. The Morgan fingerprint density at radius 1 is 0.793 bits per heavy atom. The molecule has 0 saturated heterocycles. The van der Waals surface area contributed by atoms with Crippen LogP contribution in [0.1, 0.15) is 13.8 Å². The van der Waals surface area contributed by atoms with Crippen LogP contribution in [-0.2, 0) is 9.59 Å². The number of nitrogens with one attached hydrogen (secondary N) is 1. The first-order chi connectivity index (χ1) is 13.9. The number of carbonyl (C=O) groups excluding carboxylic acids is 2. The number of nitrogens with zero attached hydrogens (tertiary/aromatic N) is 1. The van der Waals surface area contributed by atoms with Crippen LogP contribution in [0.3, 0.4) is 0 Å². The lowest BCUT2D eigenvalue weighted by molar-refractivity contribution is -0.136. The monoisotopic (exact) mass is 388 g/mol. The molecule has 0 aliphatic rings. The molecule has 1 N–H and O–H groups in total. The zero-order valence-electron chi connectivity index (χ0n) is 16.8. The van der Waals surface area contributed by atoms with Crippen molar-refractivity contribution in [3.63, 3.8) is 0 Å². The number of amides is 2. The molecule has 0 heterocycles. The molecule has 0 aromatic heterocycles. The third-order valence-electron chi connectivity index (χ3n) is 4.64. The van der Waals surface area contributed by atoms with Crippen molar-refractivity contribution >= 4 is 23.2 Å². The largest absolute Gasteiger partial charge is 0.457 e. The maximum atomic E-state index is 12.9. The second kappa shape index (κ2) is 8.61. The summed E-state index contributed by atoms with van der Waals surface area (Å²) in [5.74, 6) is 0.737. The highest BCUT2D eigenvalue weighted by Crippen LogP contribution is 2.26. The lowest BCUT2D eigenvalue weighted by atomic mass is 9.90. The topological polar surface area (TPSA) is 58.6 Å². The average Bonchev–Trinajstić information content (AvgIpc) is 2.75. The molecule has 3 aromatic carbocycles. The third-order valence-corrected chi connectivity index (χ3v) is 4.64. The number of hydrogen-bond donors (Lipinski definition) is 1. The van der Waals surface area contributed by atoms with Crippen LogP contribution in [0.2, 0.25) is 0 Å². The van der Waals surface area contributed by atoms with Crippen molar-refractivity contribution in [2.75, 3.05) is 17.3 Å². The van der Waals surface area contributed by atoms with Crippen molar-refractivity contribution < 1.29 is 14.3 Å². The van der Waals surface area contributed by atoms with E-state index in [4.69, 9.17) is 4.74 Å². The summed E-state index contributed by atoms with van der Waals surface area (Å²) in [7, 11) is 1.67. The van der Waals surface area contributed by atoms with E-state index < -0.39 is 5.41 Å². The second-order valence-corrected chi connectivity index (χ2v) is 7.22. The molecule has 5 heteroatoms. The Kier molecular flexibility index (Phi) is 5.98. The standard InChI is InChI=1S/C24H24N2O3/c1-24(2,23(28)26(3)19-10-6-4-7-11-19)22(27)25-18-14-16-21(17-15-18)29-20-12-8-5-9-13-20/h4-17H,1-3H3,(H,25,27). The molecule has 148 valence electrons. The first-order valence-electron chi connectivity index (χ1n) is 9.35. The molecule has 3 aromatic rings. The Hall–Kier alpha value is -3.60. The summed E-state index contributed by atoms with van der Waals surface area (Å²) in [6.45, 7) is 3.24. The van der Waals surface area contributed by atoms with Crippen LogP contribution in [0.4, 0.5) is 11.4 Å². The predicted octanol–water partition coefficient (Wildman–Crippen LogP) is 5.11. The quantitative estimate of drug-likeness (QED) is 0.597. The number of para-hydroxylation sites is 2. The van der Waals surface area contributed by atoms with Crippen molar-refractivity contribution in [1.29, 1.82) is 0 Å². The van der Waals surface area contributed by atoms with E-state index in [9.17, 15) is 9.59 Å². The molecular weight excluding hydrogens is 364 g/mol. The van der Waals surface area contributed by atoms with E-state index in [1.54, 1.807) is 45.2 Å². The third kappa shape index (κ3) is 4.82. The van der Waals surface area contributed by atoms with Crippen LogP contribution in [0.25, 0.3) is 0 Å². The fourth-order valence-corrected chi connectivity index (χ4v) is 2.80. The molecule has 0 fully saturated rings. The first-order valence-corrected chi connectivity index (χ1v) is 9.35. The van der Waals surface area contributed by atoms with Gasteiger partial charge < -0.3 is 15.0 Å². The summed E-state index contributed by atoms with van der Waals surface area (Å²) in [5.41, 5.74) is 0.100. The Morgan fingerprint density at radius 3 is 1.90 bits per heavy atom. The van der Waals surface area contributed by atoms with E-state index in [0.29, 0.717) is 11.4 Å². The maximum Gasteiger partial charge on any atom is 0.241 e. The van der Waals surface area contributed by atoms with Crippen LogP contribution in [0.15, 0.2) is 84.9 Å². The fourth-order valence-electron chi connectivity index (χ4n) is 2.80. The van der Waals surface area contributed by atoms with Gasteiger partial charge in [0.15, 0.2) is 0 Å². The minimum atomic E-state index is -1.23. The normalized spacial score (nSPS) is 10.9. The van der Waals surface area contributed by atoms with Gasteiger partial charge in [0.05, 0.1) is 0 Å². The fraction of sp³-hybridized carbons (Fsp3) is 0.167. The lowest BCUT2D eigenvalue weighted by Crippen LogP contribution is -2.46. The highest BCUT2D eigenvalue weighted by molar-refractivity contribution is 6.14. The lowest BCUT2D eigenvalue weighted by Gasteiger charge is -2.28. The van der Waals surface area contributed by atoms with Gasteiger partial charge in [0.2, 0.25) is 11.8 Å². The average molecular weight is 388 g/mol. The van der Waals surface area contributed by atoms with Crippen molar-refractivity contribution in [1.82, 2.24) is 0 Å². The van der Waals surface area contributed by atoms with Crippen LogP contribution >= 0.6 is 0 Å². The smallest absolute Gasteiger partial charge is 0.241 e.